The maximum atomic E-state index is 12.5. The predicted octanol–water partition coefficient (Wildman–Crippen LogP) is 2.98. The molecule has 1 aliphatic rings. The highest BCUT2D eigenvalue weighted by Crippen LogP contribution is 2.41. The van der Waals surface area contributed by atoms with Crippen LogP contribution < -0.4 is 14.8 Å². The molecule has 0 radical (unpaired) electrons. The summed E-state index contributed by atoms with van der Waals surface area (Å²) in [6, 6.07) is 9.24. The number of anilines is 1. The van der Waals surface area contributed by atoms with Crippen molar-refractivity contribution in [3.05, 3.63) is 52.1 Å². The van der Waals surface area contributed by atoms with Crippen molar-refractivity contribution in [3.8, 4) is 17.2 Å². The third kappa shape index (κ3) is 2.99. The Morgan fingerprint density at radius 1 is 1.21 bits per heavy atom. The fraction of sp³-hybridized carbons (Fsp3) is 0.188. The third-order valence-corrected chi connectivity index (χ3v) is 3.39. The second-order valence-electron chi connectivity index (χ2n) is 4.97. The Labute approximate surface area is 137 Å². The first-order chi connectivity index (χ1) is 11.6. The molecule has 0 fully saturated rings. The lowest BCUT2D eigenvalue weighted by molar-refractivity contribution is -0.385. The number of carbonyl (C=O) groups is 1. The van der Waals surface area contributed by atoms with Gasteiger partial charge in [0.1, 0.15) is 17.9 Å². The van der Waals surface area contributed by atoms with Crippen LogP contribution in [0.25, 0.3) is 0 Å². The van der Waals surface area contributed by atoms with Crippen molar-refractivity contribution in [3.63, 3.8) is 0 Å². The molecule has 0 aromatic heterocycles. The second-order valence-corrected chi connectivity index (χ2v) is 4.97. The first kappa shape index (κ1) is 15.8. The molecule has 24 heavy (non-hydrogen) atoms. The lowest BCUT2D eigenvalue weighted by atomic mass is 10.1. The number of nitro benzene ring substituents is 1. The molecule has 0 spiro atoms. The SMILES string of the molecule is COCCOc1cc([N+](=O)[O-])cc2c1C(=O)Nc1ccccc1O2. The second kappa shape index (κ2) is 6.55. The summed E-state index contributed by atoms with van der Waals surface area (Å²) >= 11 is 0. The van der Waals surface area contributed by atoms with Crippen molar-refractivity contribution in [1.82, 2.24) is 0 Å². The van der Waals surface area contributed by atoms with E-state index in [1.54, 1.807) is 24.3 Å². The number of hydrogen-bond acceptors (Lipinski definition) is 6. The van der Waals surface area contributed by atoms with Crippen LogP contribution in [0.3, 0.4) is 0 Å². The summed E-state index contributed by atoms with van der Waals surface area (Å²) in [5, 5.41) is 13.9. The van der Waals surface area contributed by atoms with Crippen molar-refractivity contribution in [2.24, 2.45) is 0 Å². The number of nitrogens with zero attached hydrogens (tertiary/aromatic N) is 1. The first-order valence-corrected chi connectivity index (χ1v) is 7.12. The number of para-hydroxylation sites is 2. The highest BCUT2D eigenvalue weighted by atomic mass is 16.6. The zero-order valence-electron chi connectivity index (χ0n) is 12.8. The molecule has 0 unspecified atom stereocenters. The zero-order valence-corrected chi connectivity index (χ0v) is 12.8. The smallest absolute Gasteiger partial charge is 0.276 e. The number of hydrogen-bond donors (Lipinski definition) is 1. The number of ether oxygens (including phenoxy) is 3. The van der Waals surface area contributed by atoms with Crippen LogP contribution in [0, 0.1) is 10.1 Å². The minimum absolute atomic E-state index is 0.0686. The summed E-state index contributed by atoms with van der Waals surface area (Å²) in [7, 11) is 1.50. The summed E-state index contributed by atoms with van der Waals surface area (Å²) in [5.41, 5.74) is 0.352. The molecule has 3 rings (SSSR count). The molecule has 1 N–H and O–H groups in total. The Morgan fingerprint density at radius 2 is 2.00 bits per heavy atom. The van der Waals surface area contributed by atoms with Gasteiger partial charge in [-0.2, -0.15) is 0 Å². The van der Waals surface area contributed by atoms with Gasteiger partial charge in [-0.15, -0.1) is 0 Å². The monoisotopic (exact) mass is 330 g/mol. The molecule has 0 atom stereocenters. The van der Waals surface area contributed by atoms with Gasteiger partial charge in [-0.1, -0.05) is 12.1 Å². The van der Waals surface area contributed by atoms with E-state index in [4.69, 9.17) is 14.2 Å². The van der Waals surface area contributed by atoms with E-state index in [1.165, 1.54) is 19.2 Å². The quantitative estimate of drug-likeness (QED) is 0.514. The van der Waals surface area contributed by atoms with Crippen LogP contribution in [-0.4, -0.2) is 31.2 Å². The molecule has 8 nitrogen and oxygen atoms in total. The maximum absolute atomic E-state index is 12.5. The molecule has 1 heterocycles. The summed E-state index contributed by atoms with van der Waals surface area (Å²) in [4.78, 5) is 23.1. The van der Waals surface area contributed by atoms with Crippen LogP contribution >= 0.6 is 0 Å². The average Bonchev–Trinajstić information content (AvgIpc) is 2.70. The fourth-order valence-electron chi connectivity index (χ4n) is 2.30. The highest BCUT2D eigenvalue weighted by molar-refractivity contribution is 6.10. The van der Waals surface area contributed by atoms with Gasteiger partial charge in [0.25, 0.3) is 11.6 Å². The number of nitro groups is 1. The minimum Gasteiger partial charge on any atom is -0.490 e. The summed E-state index contributed by atoms with van der Waals surface area (Å²) in [5.74, 6) is 0.0748. The fourth-order valence-corrected chi connectivity index (χ4v) is 2.30. The molecule has 8 heteroatoms. The van der Waals surface area contributed by atoms with Gasteiger partial charge in [-0.25, -0.2) is 0 Å². The van der Waals surface area contributed by atoms with Gasteiger partial charge in [0.15, 0.2) is 11.5 Å². The van der Waals surface area contributed by atoms with Gasteiger partial charge < -0.3 is 19.5 Å². The molecular formula is C16H14N2O6. The number of carbonyl (C=O) groups excluding carboxylic acids is 1. The van der Waals surface area contributed by atoms with E-state index in [0.29, 0.717) is 11.4 Å². The number of methoxy groups -OCH3 is 1. The Balaban J connectivity index is 2.09. The first-order valence-electron chi connectivity index (χ1n) is 7.12. The van der Waals surface area contributed by atoms with Crippen LogP contribution in [0.15, 0.2) is 36.4 Å². The molecule has 0 saturated carbocycles. The largest absolute Gasteiger partial charge is 0.490 e. The normalized spacial score (nSPS) is 12.3. The number of benzene rings is 2. The number of amides is 1. The molecule has 0 bridgehead atoms. The molecule has 2 aromatic rings. The van der Waals surface area contributed by atoms with E-state index in [1.807, 2.05) is 0 Å². The Bertz CT molecular complexity index is 805. The standard InChI is InChI=1S/C16H14N2O6/c1-22-6-7-23-13-8-10(18(20)21)9-14-15(13)16(19)17-11-4-2-3-5-12(11)24-14/h2-5,8-9H,6-7H2,1H3,(H,17,19). The van der Waals surface area contributed by atoms with Gasteiger partial charge >= 0.3 is 0 Å². The maximum Gasteiger partial charge on any atom is 0.276 e. The van der Waals surface area contributed by atoms with Gasteiger partial charge in [0.2, 0.25) is 0 Å². The molecule has 0 aliphatic carbocycles. The predicted molar refractivity (Wildman–Crippen MR) is 84.9 cm³/mol. The van der Waals surface area contributed by atoms with Crippen molar-refractivity contribution in [1.29, 1.82) is 0 Å². The summed E-state index contributed by atoms with van der Waals surface area (Å²) in [6.07, 6.45) is 0. The molecule has 1 amide bonds. The summed E-state index contributed by atoms with van der Waals surface area (Å²) in [6.45, 7) is 0.421. The number of non-ortho nitro benzene ring substituents is 1. The van der Waals surface area contributed by atoms with E-state index >= 15 is 0 Å². The van der Waals surface area contributed by atoms with Crippen LogP contribution in [0.4, 0.5) is 11.4 Å². The van der Waals surface area contributed by atoms with Gasteiger partial charge in [0, 0.05) is 7.11 Å². The number of rotatable bonds is 5. The van der Waals surface area contributed by atoms with Crippen molar-refractivity contribution >= 4 is 17.3 Å². The van der Waals surface area contributed by atoms with E-state index < -0.39 is 10.8 Å². The van der Waals surface area contributed by atoms with Crippen LogP contribution in [0.2, 0.25) is 0 Å². The number of nitrogens with one attached hydrogen (secondary N) is 1. The molecular weight excluding hydrogens is 316 g/mol. The Hall–Kier alpha value is -3.13. The Morgan fingerprint density at radius 3 is 2.75 bits per heavy atom. The van der Waals surface area contributed by atoms with Gasteiger partial charge in [0.05, 0.1) is 29.4 Å². The highest BCUT2D eigenvalue weighted by Gasteiger charge is 2.28. The average molecular weight is 330 g/mol. The topological polar surface area (TPSA) is 99.9 Å². The number of fused-ring (bicyclic) bond motifs is 2. The van der Waals surface area contributed by atoms with E-state index in [-0.39, 0.29) is 36.0 Å². The van der Waals surface area contributed by atoms with Gasteiger partial charge in [-0.05, 0) is 12.1 Å². The van der Waals surface area contributed by atoms with Crippen LogP contribution in [-0.2, 0) is 4.74 Å². The lowest BCUT2D eigenvalue weighted by Gasteiger charge is -2.12. The van der Waals surface area contributed by atoms with E-state index in [2.05, 4.69) is 5.32 Å². The van der Waals surface area contributed by atoms with Crippen molar-refractivity contribution < 1.29 is 23.9 Å². The summed E-state index contributed by atoms with van der Waals surface area (Å²) < 4.78 is 16.1. The lowest BCUT2D eigenvalue weighted by Crippen LogP contribution is -2.14. The molecule has 1 aliphatic heterocycles. The minimum atomic E-state index is -0.568. The van der Waals surface area contributed by atoms with Crippen LogP contribution in [0.5, 0.6) is 17.2 Å². The van der Waals surface area contributed by atoms with Crippen molar-refractivity contribution in [2.45, 2.75) is 0 Å². The van der Waals surface area contributed by atoms with Gasteiger partial charge in [-0.3, -0.25) is 14.9 Å². The van der Waals surface area contributed by atoms with Crippen LogP contribution in [0.1, 0.15) is 10.4 Å². The van der Waals surface area contributed by atoms with Crippen molar-refractivity contribution in [2.75, 3.05) is 25.6 Å². The molecule has 2 aromatic carbocycles. The van der Waals surface area contributed by atoms with E-state index in [9.17, 15) is 14.9 Å². The van der Waals surface area contributed by atoms with E-state index in [0.717, 1.165) is 0 Å². The Kier molecular flexibility index (Phi) is 4.30. The molecule has 124 valence electrons. The molecule has 0 saturated heterocycles. The zero-order chi connectivity index (χ0) is 17.1. The third-order valence-electron chi connectivity index (χ3n) is 3.39.